The fourth-order valence-electron chi connectivity index (χ4n) is 2.45. The Hall–Kier alpha value is -0.860. The summed E-state index contributed by atoms with van der Waals surface area (Å²) in [5.41, 5.74) is 1.34. The van der Waals surface area contributed by atoms with E-state index in [0.29, 0.717) is 0 Å². The van der Waals surface area contributed by atoms with Crippen molar-refractivity contribution in [2.75, 3.05) is 6.54 Å². The van der Waals surface area contributed by atoms with E-state index in [-0.39, 0.29) is 6.10 Å². The zero-order valence-corrected chi connectivity index (χ0v) is 9.73. The summed E-state index contributed by atoms with van der Waals surface area (Å²) >= 11 is 0. The average molecular weight is 219 g/mol. The SMILES string of the molecule is O[C@H]1CC[C@@H](CCNCc2ccccc2)C1. The van der Waals surface area contributed by atoms with Crippen LogP contribution in [-0.4, -0.2) is 17.8 Å². The van der Waals surface area contributed by atoms with E-state index in [1.165, 1.54) is 18.4 Å². The first-order chi connectivity index (χ1) is 7.84. The molecule has 2 N–H and O–H groups in total. The molecular weight excluding hydrogens is 198 g/mol. The number of hydrogen-bond acceptors (Lipinski definition) is 2. The number of rotatable bonds is 5. The van der Waals surface area contributed by atoms with Gasteiger partial charge in [0.15, 0.2) is 0 Å². The third-order valence-electron chi connectivity index (χ3n) is 3.41. The van der Waals surface area contributed by atoms with E-state index in [2.05, 4.69) is 29.6 Å². The van der Waals surface area contributed by atoms with Gasteiger partial charge in [-0.1, -0.05) is 30.3 Å². The Morgan fingerprint density at radius 2 is 2.00 bits per heavy atom. The lowest BCUT2D eigenvalue weighted by molar-refractivity contribution is 0.177. The number of aliphatic hydroxyl groups is 1. The summed E-state index contributed by atoms with van der Waals surface area (Å²) in [6.45, 7) is 2.02. The second kappa shape index (κ2) is 6.02. The number of nitrogens with one attached hydrogen (secondary N) is 1. The van der Waals surface area contributed by atoms with Gasteiger partial charge in [0.1, 0.15) is 0 Å². The normalized spacial score (nSPS) is 24.8. The fraction of sp³-hybridized carbons (Fsp3) is 0.571. The molecule has 1 aromatic rings. The monoisotopic (exact) mass is 219 g/mol. The van der Waals surface area contributed by atoms with Crippen molar-refractivity contribution in [3.05, 3.63) is 35.9 Å². The van der Waals surface area contributed by atoms with E-state index in [4.69, 9.17) is 0 Å². The van der Waals surface area contributed by atoms with E-state index >= 15 is 0 Å². The summed E-state index contributed by atoms with van der Waals surface area (Å²) in [6, 6.07) is 10.5. The first-order valence-electron chi connectivity index (χ1n) is 6.27. The number of benzene rings is 1. The molecule has 0 heterocycles. The van der Waals surface area contributed by atoms with Crippen LogP contribution < -0.4 is 5.32 Å². The first kappa shape index (κ1) is 11.6. The molecule has 1 aliphatic rings. The van der Waals surface area contributed by atoms with Crippen LogP contribution >= 0.6 is 0 Å². The fourth-order valence-corrected chi connectivity index (χ4v) is 2.45. The van der Waals surface area contributed by atoms with Gasteiger partial charge in [-0.15, -0.1) is 0 Å². The Bertz CT molecular complexity index is 299. The molecule has 88 valence electrons. The van der Waals surface area contributed by atoms with Crippen molar-refractivity contribution in [3.63, 3.8) is 0 Å². The molecule has 0 bridgehead atoms. The van der Waals surface area contributed by atoms with Gasteiger partial charge in [0.25, 0.3) is 0 Å². The Labute approximate surface area is 97.7 Å². The van der Waals surface area contributed by atoms with Gasteiger partial charge in [0, 0.05) is 6.54 Å². The average Bonchev–Trinajstić information content (AvgIpc) is 2.72. The standard InChI is InChI=1S/C14H21NO/c16-14-7-6-12(10-14)8-9-15-11-13-4-2-1-3-5-13/h1-5,12,14-16H,6-11H2/t12-,14-/m0/s1. The minimum absolute atomic E-state index is 0.0286. The zero-order chi connectivity index (χ0) is 11.2. The van der Waals surface area contributed by atoms with Gasteiger partial charge in [-0.3, -0.25) is 0 Å². The first-order valence-corrected chi connectivity index (χ1v) is 6.27. The topological polar surface area (TPSA) is 32.3 Å². The highest BCUT2D eigenvalue weighted by molar-refractivity contribution is 5.14. The summed E-state index contributed by atoms with van der Waals surface area (Å²) in [6.07, 6.45) is 4.38. The van der Waals surface area contributed by atoms with Gasteiger partial charge in [-0.25, -0.2) is 0 Å². The smallest absolute Gasteiger partial charge is 0.0543 e. The Morgan fingerprint density at radius 1 is 1.19 bits per heavy atom. The molecule has 2 rings (SSSR count). The van der Waals surface area contributed by atoms with Crippen molar-refractivity contribution in [2.45, 2.75) is 38.3 Å². The van der Waals surface area contributed by atoms with Crippen LogP contribution in [0.2, 0.25) is 0 Å². The lowest BCUT2D eigenvalue weighted by Crippen LogP contribution is -2.17. The molecule has 0 aliphatic heterocycles. The van der Waals surface area contributed by atoms with E-state index in [0.717, 1.165) is 31.8 Å². The molecule has 16 heavy (non-hydrogen) atoms. The molecule has 0 spiro atoms. The molecule has 0 aromatic heterocycles. The Kier molecular flexibility index (Phi) is 4.37. The third-order valence-corrected chi connectivity index (χ3v) is 3.41. The molecule has 0 saturated heterocycles. The Balaban J connectivity index is 1.59. The minimum Gasteiger partial charge on any atom is -0.393 e. The molecule has 2 heteroatoms. The lowest BCUT2D eigenvalue weighted by atomic mass is 10.0. The molecule has 2 nitrogen and oxygen atoms in total. The predicted molar refractivity (Wildman–Crippen MR) is 66.1 cm³/mol. The Morgan fingerprint density at radius 3 is 2.69 bits per heavy atom. The molecule has 1 saturated carbocycles. The van der Waals surface area contributed by atoms with Crippen molar-refractivity contribution < 1.29 is 5.11 Å². The number of hydrogen-bond donors (Lipinski definition) is 2. The number of aliphatic hydroxyl groups excluding tert-OH is 1. The molecule has 0 amide bonds. The van der Waals surface area contributed by atoms with Crippen LogP contribution in [0.3, 0.4) is 0 Å². The van der Waals surface area contributed by atoms with Gasteiger partial charge < -0.3 is 10.4 Å². The van der Waals surface area contributed by atoms with Crippen molar-refractivity contribution >= 4 is 0 Å². The second-order valence-electron chi connectivity index (χ2n) is 4.78. The van der Waals surface area contributed by atoms with Gasteiger partial charge >= 0.3 is 0 Å². The second-order valence-corrected chi connectivity index (χ2v) is 4.78. The van der Waals surface area contributed by atoms with Gasteiger partial charge in [-0.05, 0) is 43.7 Å². The van der Waals surface area contributed by atoms with Gasteiger partial charge in [-0.2, -0.15) is 0 Å². The highest BCUT2D eigenvalue weighted by atomic mass is 16.3. The van der Waals surface area contributed by atoms with Crippen molar-refractivity contribution in [3.8, 4) is 0 Å². The molecule has 1 aliphatic carbocycles. The van der Waals surface area contributed by atoms with Crippen LogP contribution in [0.15, 0.2) is 30.3 Å². The van der Waals surface area contributed by atoms with Crippen molar-refractivity contribution in [1.29, 1.82) is 0 Å². The van der Waals surface area contributed by atoms with Crippen LogP contribution in [0.5, 0.6) is 0 Å². The maximum Gasteiger partial charge on any atom is 0.0543 e. The summed E-state index contributed by atoms with van der Waals surface area (Å²) in [5, 5.41) is 12.9. The maximum absolute atomic E-state index is 9.41. The highest BCUT2D eigenvalue weighted by Crippen LogP contribution is 2.27. The molecule has 1 aromatic carbocycles. The van der Waals surface area contributed by atoms with Crippen LogP contribution in [0.1, 0.15) is 31.2 Å². The summed E-state index contributed by atoms with van der Waals surface area (Å²) in [7, 11) is 0. The van der Waals surface area contributed by atoms with Gasteiger partial charge in [0.2, 0.25) is 0 Å². The molecular formula is C14H21NO. The third kappa shape index (κ3) is 3.62. The lowest BCUT2D eigenvalue weighted by Gasteiger charge is -2.10. The van der Waals surface area contributed by atoms with Crippen LogP contribution in [-0.2, 0) is 6.54 Å². The van der Waals surface area contributed by atoms with Crippen LogP contribution in [0, 0.1) is 5.92 Å². The molecule has 0 unspecified atom stereocenters. The van der Waals surface area contributed by atoms with E-state index in [1.54, 1.807) is 0 Å². The van der Waals surface area contributed by atoms with Crippen molar-refractivity contribution in [2.24, 2.45) is 5.92 Å². The van der Waals surface area contributed by atoms with Gasteiger partial charge in [0.05, 0.1) is 6.10 Å². The van der Waals surface area contributed by atoms with Crippen LogP contribution in [0.4, 0.5) is 0 Å². The summed E-state index contributed by atoms with van der Waals surface area (Å²) in [5.74, 6) is 0.735. The quantitative estimate of drug-likeness (QED) is 0.745. The summed E-state index contributed by atoms with van der Waals surface area (Å²) < 4.78 is 0. The highest BCUT2D eigenvalue weighted by Gasteiger charge is 2.21. The predicted octanol–water partition coefficient (Wildman–Crippen LogP) is 2.33. The van der Waals surface area contributed by atoms with Crippen molar-refractivity contribution in [1.82, 2.24) is 5.32 Å². The maximum atomic E-state index is 9.41. The zero-order valence-electron chi connectivity index (χ0n) is 9.73. The summed E-state index contributed by atoms with van der Waals surface area (Å²) in [4.78, 5) is 0. The molecule has 2 atom stereocenters. The van der Waals surface area contributed by atoms with Crippen LogP contribution in [0.25, 0.3) is 0 Å². The van der Waals surface area contributed by atoms with E-state index in [9.17, 15) is 5.11 Å². The largest absolute Gasteiger partial charge is 0.393 e. The molecule has 1 fully saturated rings. The molecule has 0 radical (unpaired) electrons. The van der Waals surface area contributed by atoms with E-state index in [1.807, 2.05) is 6.07 Å². The minimum atomic E-state index is -0.0286. The van der Waals surface area contributed by atoms with E-state index < -0.39 is 0 Å².